The molecule has 0 atom stereocenters. The highest BCUT2D eigenvalue weighted by Crippen LogP contribution is 2.39. The van der Waals surface area contributed by atoms with Gasteiger partial charge in [-0.1, -0.05) is 17.4 Å². The lowest BCUT2D eigenvalue weighted by Gasteiger charge is -2.16. The number of nitrogens with zero attached hydrogens (tertiary/aromatic N) is 1. The molecule has 3 aromatic rings. The van der Waals surface area contributed by atoms with Crippen molar-refractivity contribution < 1.29 is 23.7 Å². The smallest absolute Gasteiger partial charge is 0.257 e. The van der Waals surface area contributed by atoms with Gasteiger partial charge in [-0.3, -0.25) is 10.1 Å². The summed E-state index contributed by atoms with van der Waals surface area (Å²) in [6, 6.07) is 8.96. The maximum atomic E-state index is 12.9. The molecule has 0 spiro atoms. The van der Waals surface area contributed by atoms with Crippen LogP contribution in [0.3, 0.4) is 0 Å². The van der Waals surface area contributed by atoms with E-state index in [9.17, 15) is 4.79 Å². The number of rotatable bonds is 9. The maximum Gasteiger partial charge on any atom is 0.257 e. The molecule has 0 bridgehead atoms. The Morgan fingerprint density at radius 1 is 1.00 bits per heavy atom. The molecule has 0 unspecified atom stereocenters. The van der Waals surface area contributed by atoms with E-state index in [1.807, 2.05) is 39.0 Å². The molecule has 0 saturated heterocycles. The van der Waals surface area contributed by atoms with Gasteiger partial charge < -0.3 is 18.9 Å². The highest BCUT2D eigenvalue weighted by atomic mass is 32.1. The molecule has 0 fully saturated rings. The molecule has 7 nitrogen and oxygen atoms in total. The van der Waals surface area contributed by atoms with Crippen molar-refractivity contribution in [1.29, 1.82) is 0 Å². The van der Waals surface area contributed by atoms with Gasteiger partial charge >= 0.3 is 0 Å². The first kappa shape index (κ1) is 20.7. The third-order valence-corrected chi connectivity index (χ3v) is 4.93. The first-order chi connectivity index (χ1) is 14.1. The number of benzene rings is 2. The van der Waals surface area contributed by atoms with E-state index in [1.165, 1.54) is 11.3 Å². The maximum absolute atomic E-state index is 12.9. The summed E-state index contributed by atoms with van der Waals surface area (Å²) in [6.07, 6.45) is 0. The number of hydrogen-bond donors (Lipinski definition) is 1. The van der Waals surface area contributed by atoms with E-state index in [4.69, 9.17) is 18.9 Å². The number of amides is 1. The Kier molecular flexibility index (Phi) is 6.77. The molecule has 0 radical (unpaired) electrons. The SMILES string of the molecule is CCOc1cc(C(=O)Nc2nc3c(OC)cccc3s2)cc(OCC)c1OCC. The fourth-order valence-corrected chi connectivity index (χ4v) is 3.71. The Morgan fingerprint density at radius 2 is 1.66 bits per heavy atom. The van der Waals surface area contributed by atoms with Crippen LogP contribution >= 0.6 is 11.3 Å². The van der Waals surface area contributed by atoms with E-state index in [0.29, 0.717) is 59.0 Å². The summed E-state index contributed by atoms with van der Waals surface area (Å²) in [5, 5.41) is 3.34. The fourth-order valence-electron chi connectivity index (χ4n) is 2.83. The van der Waals surface area contributed by atoms with E-state index < -0.39 is 0 Å². The van der Waals surface area contributed by atoms with Crippen molar-refractivity contribution in [2.24, 2.45) is 0 Å². The van der Waals surface area contributed by atoms with Gasteiger partial charge in [0, 0.05) is 5.56 Å². The summed E-state index contributed by atoms with van der Waals surface area (Å²) >= 11 is 1.38. The second-order valence-electron chi connectivity index (χ2n) is 5.88. The molecule has 0 aliphatic heterocycles. The van der Waals surface area contributed by atoms with Crippen molar-refractivity contribution in [2.75, 3.05) is 32.2 Å². The first-order valence-corrected chi connectivity index (χ1v) is 10.2. The zero-order chi connectivity index (χ0) is 20.8. The highest BCUT2D eigenvalue weighted by Gasteiger charge is 2.19. The number of hydrogen-bond acceptors (Lipinski definition) is 7. The van der Waals surface area contributed by atoms with Gasteiger partial charge in [0.25, 0.3) is 5.91 Å². The van der Waals surface area contributed by atoms with Gasteiger partial charge in [0.1, 0.15) is 11.3 Å². The van der Waals surface area contributed by atoms with Gasteiger partial charge in [0.15, 0.2) is 16.6 Å². The number of para-hydroxylation sites is 1. The normalized spacial score (nSPS) is 10.6. The van der Waals surface area contributed by atoms with E-state index in [0.717, 1.165) is 4.70 Å². The number of carbonyl (C=O) groups excluding carboxylic acids is 1. The molecule has 154 valence electrons. The minimum atomic E-state index is -0.312. The van der Waals surface area contributed by atoms with Crippen LogP contribution in [0.5, 0.6) is 23.0 Å². The first-order valence-electron chi connectivity index (χ1n) is 9.42. The minimum Gasteiger partial charge on any atom is -0.494 e. The summed E-state index contributed by atoms with van der Waals surface area (Å²) < 4.78 is 23.3. The molecule has 3 rings (SSSR count). The van der Waals surface area contributed by atoms with Crippen LogP contribution in [0.2, 0.25) is 0 Å². The monoisotopic (exact) mass is 416 g/mol. The lowest BCUT2D eigenvalue weighted by Crippen LogP contribution is -2.13. The summed E-state index contributed by atoms with van der Waals surface area (Å²) in [7, 11) is 1.59. The number of thiazole rings is 1. The van der Waals surface area contributed by atoms with Crippen LogP contribution in [-0.2, 0) is 0 Å². The molecule has 1 aromatic heterocycles. The van der Waals surface area contributed by atoms with Crippen LogP contribution in [0, 0.1) is 0 Å². The molecule has 0 saturated carbocycles. The van der Waals surface area contributed by atoms with Crippen LogP contribution in [0.1, 0.15) is 31.1 Å². The second kappa shape index (κ2) is 9.47. The summed E-state index contributed by atoms with van der Waals surface area (Å²) in [5.74, 6) is 1.79. The third-order valence-electron chi connectivity index (χ3n) is 3.99. The number of nitrogens with one attached hydrogen (secondary N) is 1. The average Bonchev–Trinajstić information content (AvgIpc) is 3.12. The molecule has 1 N–H and O–H groups in total. The van der Waals surface area contributed by atoms with E-state index >= 15 is 0 Å². The minimum absolute atomic E-state index is 0.312. The fraction of sp³-hybridized carbons (Fsp3) is 0.333. The van der Waals surface area contributed by atoms with Crippen LogP contribution in [-0.4, -0.2) is 37.8 Å². The molecule has 1 heterocycles. The van der Waals surface area contributed by atoms with Crippen molar-refractivity contribution in [3.05, 3.63) is 35.9 Å². The van der Waals surface area contributed by atoms with Crippen molar-refractivity contribution >= 4 is 32.6 Å². The Bertz CT molecular complexity index is 975. The molecule has 0 aliphatic carbocycles. The quantitative estimate of drug-likeness (QED) is 0.542. The summed E-state index contributed by atoms with van der Waals surface area (Å²) in [6.45, 7) is 6.96. The number of aromatic nitrogens is 1. The van der Waals surface area contributed by atoms with Gasteiger partial charge in [-0.2, -0.15) is 0 Å². The predicted molar refractivity (Wildman–Crippen MR) is 114 cm³/mol. The van der Waals surface area contributed by atoms with Crippen LogP contribution in [0.4, 0.5) is 5.13 Å². The lowest BCUT2D eigenvalue weighted by atomic mass is 10.1. The van der Waals surface area contributed by atoms with Gasteiger partial charge in [0.05, 0.1) is 31.6 Å². The Labute approximate surface area is 173 Å². The van der Waals surface area contributed by atoms with Crippen LogP contribution < -0.4 is 24.3 Å². The van der Waals surface area contributed by atoms with Gasteiger partial charge in [-0.05, 0) is 45.0 Å². The third kappa shape index (κ3) is 4.54. The van der Waals surface area contributed by atoms with Crippen LogP contribution in [0.25, 0.3) is 10.2 Å². The average molecular weight is 416 g/mol. The van der Waals surface area contributed by atoms with Gasteiger partial charge in [-0.15, -0.1) is 0 Å². The summed E-state index contributed by atoms with van der Waals surface area (Å²) in [5.41, 5.74) is 1.11. The van der Waals surface area contributed by atoms with Crippen molar-refractivity contribution in [3.8, 4) is 23.0 Å². The van der Waals surface area contributed by atoms with E-state index in [1.54, 1.807) is 19.2 Å². The molecular formula is C21H24N2O5S. The Morgan fingerprint density at radius 3 is 2.24 bits per heavy atom. The Hall–Kier alpha value is -3.00. The highest BCUT2D eigenvalue weighted by molar-refractivity contribution is 7.22. The van der Waals surface area contributed by atoms with Crippen molar-refractivity contribution in [1.82, 2.24) is 4.98 Å². The largest absolute Gasteiger partial charge is 0.494 e. The summed E-state index contributed by atoms with van der Waals surface area (Å²) in [4.78, 5) is 17.4. The molecule has 0 aliphatic rings. The number of carbonyl (C=O) groups is 1. The zero-order valence-corrected chi connectivity index (χ0v) is 17.7. The molecular weight excluding hydrogens is 392 g/mol. The Balaban J connectivity index is 1.93. The molecule has 29 heavy (non-hydrogen) atoms. The lowest BCUT2D eigenvalue weighted by molar-refractivity contribution is 0.102. The second-order valence-corrected chi connectivity index (χ2v) is 6.91. The number of fused-ring (bicyclic) bond motifs is 1. The van der Waals surface area contributed by atoms with Gasteiger partial charge in [0.2, 0.25) is 5.75 Å². The number of methoxy groups -OCH3 is 1. The molecule has 1 amide bonds. The number of ether oxygens (including phenoxy) is 4. The number of anilines is 1. The van der Waals surface area contributed by atoms with Crippen LogP contribution in [0.15, 0.2) is 30.3 Å². The van der Waals surface area contributed by atoms with Crippen molar-refractivity contribution in [2.45, 2.75) is 20.8 Å². The van der Waals surface area contributed by atoms with Crippen molar-refractivity contribution in [3.63, 3.8) is 0 Å². The van der Waals surface area contributed by atoms with E-state index in [-0.39, 0.29) is 5.91 Å². The van der Waals surface area contributed by atoms with Gasteiger partial charge in [-0.25, -0.2) is 4.98 Å². The predicted octanol–water partition coefficient (Wildman–Crippen LogP) is 4.75. The zero-order valence-electron chi connectivity index (χ0n) is 16.9. The standard InChI is InChI=1S/C21H24N2O5S/c1-5-26-15-11-13(12-16(27-6-2)19(15)28-7-3)20(24)23-21-22-18-14(25-4)9-8-10-17(18)29-21/h8-12H,5-7H2,1-4H3,(H,22,23,24). The van der Waals surface area contributed by atoms with E-state index in [2.05, 4.69) is 10.3 Å². The molecule has 2 aromatic carbocycles. The topological polar surface area (TPSA) is 78.9 Å². The molecule has 8 heteroatoms.